The van der Waals surface area contributed by atoms with E-state index in [9.17, 15) is 0 Å². The van der Waals surface area contributed by atoms with E-state index in [1.54, 1.807) is 38.5 Å². The Hall–Kier alpha value is -0.260. The molecule has 0 radical (unpaired) electrons. The van der Waals surface area contributed by atoms with E-state index in [0.717, 1.165) is 23.2 Å². The summed E-state index contributed by atoms with van der Waals surface area (Å²) >= 11 is 0. The van der Waals surface area contributed by atoms with Crippen molar-refractivity contribution in [3.8, 4) is 0 Å². The number of fused-ring (bicyclic) bond motifs is 2. The van der Waals surface area contributed by atoms with Crippen LogP contribution in [0.15, 0.2) is 12.2 Å². The van der Waals surface area contributed by atoms with Gasteiger partial charge in [0.2, 0.25) is 0 Å². The summed E-state index contributed by atoms with van der Waals surface area (Å²) in [6, 6.07) is 0. The van der Waals surface area contributed by atoms with Gasteiger partial charge in [0.1, 0.15) is 0 Å². The minimum absolute atomic E-state index is 0.622. The van der Waals surface area contributed by atoms with E-state index in [1.165, 1.54) is 38.5 Å². The Labute approximate surface area is 125 Å². The number of rotatable bonds is 0. The summed E-state index contributed by atoms with van der Waals surface area (Å²) in [6.45, 7) is 2.49. The number of hydrogen-bond donors (Lipinski definition) is 0. The summed E-state index contributed by atoms with van der Waals surface area (Å²) in [5, 5.41) is 0. The van der Waals surface area contributed by atoms with Crippen LogP contribution >= 0.6 is 0 Å². The summed E-state index contributed by atoms with van der Waals surface area (Å²) in [5.74, 6) is 3.05. The highest BCUT2D eigenvalue weighted by Gasteiger charge is 2.51. The van der Waals surface area contributed by atoms with Crippen LogP contribution in [0.25, 0.3) is 0 Å². The monoisotopic (exact) mass is 272 g/mol. The molecule has 112 valence electrons. The molecule has 0 unspecified atom stereocenters. The van der Waals surface area contributed by atoms with Crippen LogP contribution in [0.4, 0.5) is 0 Å². The summed E-state index contributed by atoms with van der Waals surface area (Å²) in [5.41, 5.74) is 1.41. The van der Waals surface area contributed by atoms with Crippen molar-refractivity contribution in [2.24, 2.45) is 28.6 Å². The lowest BCUT2D eigenvalue weighted by atomic mass is 9.49. The predicted octanol–water partition coefficient (Wildman–Crippen LogP) is 6.12. The van der Waals surface area contributed by atoms with Crippen LogP contribution in [0.2, 0.25) is 0 Å². The van der Waals surface area contributed by atoms with Crippen LogP contribution in [0.5, 0.6) is 0 Å². The molecular weight excluding hydrogens is 240 g/mol. The van der Waals surface area contributed by atoms with Gasteiger partial charge < -0.3 is 0 Å². The molecule has 0 heterocycles. The van der Waals surface area contributed by atoms with Crippen molar-refractivity contribution in [2.75, 3.05) is 0 Å². The summed E-state index contributed by atoms with van der Waals surface area (Å²) in [6.07, 6.45) is 23.5. The van der Waals surface area contributed by atoms with E-state index in [-0.39, 0.29) is 0 Å². The Morgan fingerprint density at radius 3 is 2.55 bits per heavy atom. The lowest BCUT2D eigenvalue weighted by molar-refractivity contribution is -0.0253. The van der Waals surface area contributed by atoms with Gasteiger partial charge in [-0.15, -0.1) is 0 Å². The maximum absolute atomic E-state index is 2.71. The van der Waals surface area contributed by atoms with Crippen molar-refractivity contribution >= 4 is 0 Å². The van der Waals surface area contributed by atoms with Gasteiger partial charge in [0, 0.05) is 0 Å². The highest BCUT2D eigenvalue weighted by Crippen LogP contribution is 2.62. The van der Waals surface area contributed by atoms with Gasteiger partial charge in [-0.2, -0.15) is 0 Å². The molecule has 0 aromatic carbocycles. The predicted molar refractivity (Wildman–Crippen MR) is 85.6 cm³/mol. The van der Waals surface area contributed by atoms with Gasteiger partial charge in [-0.1, -0.05) is 44.8 Å². The zero-order valence-corrected chi connectivity index (χ0v) is 13.4. The van der Waals surface area contributed by atoms with Gasteiger partial charge in [0.05, 0.1) is 0 Å². The second-order valence-electron chi connectivity index (χ2n) is 8.89. The Kier molecular flexibility index (Phi) is 3.28. The summed E-state index contributed by atoms with van der Waals surface area (Å²) in [7, 11) is 0. The Morgan fingerprint density at radius 2 is 1.75 bits per heavy atom. The molecule has 4 rings (SSSR count). The number of allylic oxidation sites excluding steroid dienone is 2. The van der Waals surface area contributed by atoms with E-state index in [4.69, 9.17) is 0 Å². The van der Waals surface area contributed by atoms with Crippen molar-refractivity contribution in [3.63, 3.8) is 0 Å². The quantitative estimate of drug-likeness (QED) is 0.466. The Bertz CT molecular complexity index is 387. The van der Waals surface area contributed by atoms with Gasteiger partial charge in [-0.3, -0.25) is 0 Å². The fourth-order valence-electron chi connectivity index (χ4n) is 6.70. The first-order valence-corrected chi connectivity index (χ1v) is 9.39. The minimum Gasteiger partial charge on any atom is -0.0877 e. The SMILES string of the molecule is C[C@H]1CC=C[C@@]2(CCC[C@@H]3CCC4(CCCC4)C[C@@H]32)C1. The van der Waals surface area contributed by atoms with Crippen LogP contribution in [0.1, 0.15) is 84.0 Å². The third kappa shape index (κ3) is 2.09. The molecule has 3 saturated carbocycles. The second-order valence-corrected chi connectivity index (χ2v) is 8.89. The average Bonchev–Trinajstić information content (AvgIpc) is 2.88. The second kappa shape index (κ2) is 4.89. The maximum Gasteiger partial charge on any atom is -0.00845 e. The summed E-state index contributed by atoms with van der Waals surface area (Å²) in [4.78, 5) is 0. The molecule has 0 aromatic rings. The molecule has 0 aromatic heterocycles. The minimum atomic E-state index is 0.622. The van der Waals surface area contributed by atoms with Gasteiger partial charge in [-0.05, 0) is 80.0 Å². The summed E-state index contributed by atoms with van der Waals surface area (Å²) < 4.78 is 0. The van der Waals surface area contributed by atoms with Gasteiger partial charge in [-0.25, -0.2) is 0 Å². The van der Waals surface area contributed by atoms with E-state index < -0.39 is 0 Å². The van der Waals surface area contributed by atoms with Crippen LogP contribution in [-0.2, 0) is 0 Å². The molecule has 0 amide bonds. The molecule has 4 aliphatic carbocycles. The van der Waals surface area contributed by atoms with E-state index >= 15 is 0 Å². The molecule has 4 atom stereocenters. The maximum atomic E-state index is 2.71. The number of hydrogen-bond acceptors (Lipinski definition) is 0. The molecule has 0 saturated heterocycles. The molecule has 0 N–H and O–H groups in total. The van der Waals surface area contributed by atoms with E-state index in [0.29, 0.717) is 5.41 Å². The molecule has 0 aliphatic heterocycles. The molecule has 0 nitrogen and oxygen atoms in total. The standard InChI is InChI=1S/C20H32/c1-16-6-4-11-20(14-16)12-5-7-17-8-13-19(15-18(17)20)9-2-3-10-19/h4,11,16-18H,2-3,5-10,12-15H2,1H3/t16-,17+,18-,20+/m0/s1. The van der Waals surface area contributed by atoms with Crippen molar-refractivity contribution in [1.82, 2.24) is 0 Å². The van der Waals surface area contributed by atoms with E-state index in [2.05, 4.69) is 19.1 Å². The largest absolute Gasteiger partial charge is 0.0877 e. The highest BCUT2D eigenvalue weighted by molar-refractivity contribution is 5.13. The molecule has 20 heavy (non-hydrogen) atoms. The zero-order valence-electron chi connectivity index (χ0n) is 13.4. The molecule has 0 heteroatoms. The van der Waals surface area contributed by atoms with Crippen molar-refractivity contribution in [3.05, 3.63) is 12.2 Å². The topological polar surface area (TPSA) is 0 Å². The van der Waals surface area contributed by atoms with Gasteiger partial charge in [0.15, 0.2) is 0 Å². The smallest absolute Gasteiger partial charge is 0.00845 e. The molecular formula is C20H32. The van der Waals surface area contributed by atoms with Crippen LogP contribution in [-0.4, -0.2) is 0 Å². The van der Waals surface area contributed by atoms with Crippen LogP contribution in [0.3, 0.4) is 0 Å². The van der Waals surface area contributed by atoms with Crippen molar-refractivity contribution in [1.29, 1.82) is 0 Å². The van der Waals surface area contributed by atoms with Crippen LogP contribution < -0.4 is 0 Å². The average molecular weight is 272 g/mol. The lowest BCUT2D eigenvalue weighted by Gasteiger charge is -2.55. The van der Waals surface area contributed by atoms with Crippen molar-refractivity contribution < 1.29 is 0 Å². The van der Waals surface area contributed by atoms with Gasteiger partial charge >= 0.3 is 0 Å². The lowest BCUT2D eigenvalue weighted by Crippen LogP contribution is -2.45. The Morgan fingerprint density at radius 1 is 0.900 bits per heavy atom. The molecule has 0 bridgehead atoms. The van der Waals surface area contributed by atoms with E-state index in [1.807, 2.05) is 0 Å². The zero-order chi connectivity index (χ0) is 13.6. The van der Waals surface area contributed by atoms with Crippen molar-refractivity contribution in [2.45, 2.75) is 84.0 Å². The first-order chi connectivity index (χ1) is 9.72. The molecule has 2 spiro atoms. The molecule has 3 fully saturated rings. The molecule has 4 aliphatic rings. The fourth-order valence-corrected chi connectivity index (χ4v) is 6.70. The highest BCUT2D eigenvalue weighted by atomic mass is 14.6. The third-order valence-electron chi connectivity index (χ3n) is 7.60. The third-order valence-corrected chi connectivity index (χ3v) is 7.60. The van der Waals surface area contributed by atoms with Crippen LogP contribution in [0, 0.1) is 28.6 Å². The Balaban J connectivity index is 1.63. The fraction of sp³-hybridized carbons (Fsp3) is 0.900. The van der Waals surface area contributed by atoms with Gasteiger partial charge in [0.25, 0.3) is 0 Å². The first-order valence-electron chi connectivity index (χ1n) is 9.39. The normalized spacial score (nSPS) is 46.8. The first kappa shape index (κ1) is 13.4.